The van der Waals surface area contributed by atoms with Crippen molar-refractivity contribution in [1.29, 1.82) is 0 Å². The first kappa shape index (κ1) is 14.5. The lowest BCUT2D eigenvalue weighted by Crippen LogP contribution is -2.39. The molecule has 0 atom stereocenters. The van der Waals surface area contributed by atoms with Gasteiger partial charge in [0.15, 0.2) is 0 Å². The van der Waals surface area contributed by atoms with E-state index in [0.717, 1.165) is 23.3 Å². The van der Waals surface area contributed by atoms with Crippen molar-refractivity contribution < 1.29 is 10.2 Å². The highest BCUT2D eigenvalue weighted by molar-refractivity contribution is 7.22. The fourth-order valence-electron chi connectivity index (χ4n) is 2.94. The van der Waals surface area contributed by atoms with Gasteiger partial charge in [0.25, 0.3) is 0 Å². The third kappa shape index (κ3) is 2.68. The van der Waals surface area contributed by atoms with E-state index in [1.807, 2.05) is 15.8 Å². The molecule has 0 amide bonds. The average Bonchev–Trinajstić information content (AvgIpc) is 3.13. The zero-order chi connectivity index (χ0) is 14.8. The van der Waals surface area contributed by atoms with Crippen molar-refractivity contribution in [3.63, 3.8) is 0 Å². The fourth-order valence-corrected chi connectivity index (χ4v) is 4.07. The van der Waals surface area contributed by atoms with Gasteiger partial charge in [0.1, 0.15) is 5.82 Å². The summed E-state index contributed by atoms with van der Waals surface area (Å²) < 4.78 is 3.06. The van der Waals surface area contributed by atoms with Crippen LogP contribution < -0.4 is 15.6 Å². The highest BCUT2D eigenvalue weighted by Crippen LogP contribution is 2.37. The molecule has 7 heteroatoms. The van der Waals surface area contributed by atoms with Crippen molar-refractivity contribution in [3.8, 4) is 0 Å². The molecule has 2 aromatic rings. The van der Waals surface area contributed by atoms with Crippen LogP contribution >= 0.6 is 11.3 Å². The number of fused-ring (bicyclic) bond motifs is 1. The number of thiophene rings is 1. The summed E-state index contributed by atoms with van der Waals surface area (Å²) in [5.74, 6) is 0.645. The van der Waals surface area contributed by atoms with Gasteiger partial charge in [-0.25, -0.2) is 4.68 Å². The van der Waals surface area contributed by atoms with Crippen molar-refractivity contribution in [2.24, 2.45) is 0 Å². The van der Waals surface area contributed by atoms with Crippen molar-refractivity contribution in [1.82, 2.24) is 4.68 Å². The van der Waals surface area contributed by atoms with Crippen LogP contribution in [0.4, 0.5) is 10.8 Å². The van der Waals surface area contributed by atoms with E-state index in [9.17, 15) is 10.2 Å². The monoisotopic (exact) mass is 310 g/mol. The van der Waals surface area contributed by atoms with E-state index in [1.54, 1.807) is 11.3 Å². The summed E-state index contributed by atoms with van der Waals surface area (Å²) in [6.45, 7) is 3.20. The summed E-state index contributed by atoms with van der Waals surface area (Å²) in [5.41, 5.74) is 7.17. The van der Waals surface area contributed by atoms with Gasteiger partial charge in [0.2, 0.25) is 0 Å². The molecule has 1 saturated heterocycles. The maximum Gasteiger partial charge on any atom is 0.124 e. The summed E-state index contributed by atoms with van der Waals surface area (Å²) in [7, 11) is 0. The van der Waals surface area contributed by atoms with Crippen LogP contribution in [0.15, 0.2) is 12.1 Å². The molecule has 0 radical (unpaired) electrons. The Morgan fingerprint density at radius 1 is 1.14 bits per heavy atom. The molecule has 1 aliphatic heterocycles. The lowest BCUT2D eigenvalue weighted by Gasteiger charge is -2.26. The van der Waals surface area contributed by atoms with E-state index in [1.165, 1.54) is 17.8 Å². The maximum atomic E-state index is 9.22. The van der Waals surface area contributed by atoms with Gasteiger partial charge in [-0.15, -0.1) is 11.3 Å². The molecule has 0 bridgehead atoms. The number of aromatic nitrogens is 1. The van der Waals surface area contributed by atoms with Crippen LogP contribution in [0, 0.1) is 0 Å². The first-order valence-electron chi connectivity index (χ1n) is 7.37. The molecule has 0 aromatic carbocycles. The number of anilines is 2. The minimum atomic E-state index is 0.0300. The number of nitrogens with two attached hydrogens (primary N) is 1. The summed E-state index contributed by atoms with van der Waals surface area (Å²) in [4.78, 5) is 2.41. The van der Waals surface area contributed by atoms with E-state index in [0.29, 0.717) is 18.9 Å². The van der Waals surface area contributed by atoms with Gasteiger partial charge in [0.05, 0.1) is 41.5 Å². The van der Waals surface area contributed by atoms with Crippen LogP contribution in [0.25, 0.3) is 10.2 Å². The van der Waals surface area contributed by atoms with Crippen molar-refractivity contribution >= 4 is 32.4 Å². The topological polar surface area (TPSA) is 77.9 Å². The van der Waals surface area contributed by atoms with Gasteiger partial charge in [-0.05, 0) is 25.0 Å². The van der Waals surface area contributed by atoms with Crippen LogP contribution in [-0.2, 0) is 0 Å². The molecule has 1 fully saturated rings. The average molecular weight is 310 g/mol. The molecule has 0 unspecified atom stereocenters. The number of rotatable bonds is 6. The maximum absolute atomic E-state index is 9.22. The van der Waals surface area contributed by atoms with Gasteiger partial charge < -0.3 is 25.9 Å². The zero-order valence-electron chi connectivity index (χ0n) is 12.0. The van der Waals surface area contributed by atoms with Crippen molar-refractivity contribution in [3.05, 3.63) is 12.1 Å². The van der Waals surface area contributed by atoms with Crippen molar-refractivity contribution in [2.45, 2.75) is 12.8 Å². The van der Waals surface area contributed by atoms with Crippen molar-refractivity contribution in [2.75, 3.05) is 55.0 Å². The number of nitrogens with zero attached hydrogens (tertiary/aromatic N) is 3. The van der Waals surface area contributed by atoms with Gasteiger partial charge >= 0.3 is 0 Å². The predicted octanol–water partition coefficient (Wildman–Crippen LogP) is 0.808. The van der Waals surface area contributed by atoms with Gasteiger partial charge in [-0.3, -0.25) is 0 Å². The Morgan fingerprint density at radius 3 is 2.43 bits per heavy atom. The van der Waals surface area contributed by atoms with E-state index in [4.69, 9.17) is 5.73 Å². The van der Waals surface area contributed by atoms with Crippen LogP contribution in [0.1, 0.15) is 12.8 Å². The largest absolute Gasteiger partial charge is 0.394 e. The zero-order valence-corrected chi connectivity index (χ0v) is 12.8. The Morgan fingerprint density at radius 2 is 1.81 bits per heavy atom. The van der Waals surface area contributed by atoms with E-state index < -0.39 is 0 Å². The molecule has 0 aliphatic carbocycles. The molecule has 21 heavy (non-hydrogen) atoms. The molecule has 0 spiro atoms. The summed E-state index contributed by atoms with van der Waals surface area (Å²) >= 11 is 1.76. The Kier molecular flexibility index (Phi) is 4.23. The highest BCUT2D eigenvalue weighted by atomic mass is 32.1. The molecular formula is C14H22N4O2S. The molecule has 0 saturated carbocycles. The number of aliphatic hydroxyl groups is 2. The van der Waals surface area contributed by atoms with Gasteiger partial charge in [0, 0.05) is 13.1 Å². The molecule has 1 aliphatic rings. The summed E-state index contributed by atoms with van der Waals surface area (Å²) in [6, 6.07) is 4.14. The SMILES string of the molecule is Nc1cc2sc(N3CCCC3)cc2n1N(CCO)CCO. The van der Waals surface area contributed by atoms with Crippen LogP contribution in [-0.4, -0.2) is 54.3 Å². The summed E-state index contributed by atoms with van der Waals surface area (Å²) in [5, 5.41) is 21.6. The molecule has 4 N–H and O–H groups in total. The number of nitrogen functional groups attached to an aromatic ring is 1. The fraction of sp³-hybridized carbons (Fsp3) is 0.571. The number of aliphatic hydroxyl groups excluding tert-OH is 2. The first-order chi connectivity index (χ1) is 10.2. The lowest BCUT2D eigenvalue weighted by atomic mass is 10.4. The molecule has 3 rings (SSSR count). The Bertz CT molecular complexity index is 597. The molecule has 3 heterocycles. The van der Waals surface area contributed by atoms with Crippen LogP contribution in [0.2, 0.25) is 0 Å². The van der Waals surface area contributed by atoms with E-state index in [-0.39, 0.29) is 13.2 Å². The lowest BCUT2D eigenvalue weighted by molar-refractivity contribution is 0.267. The van der Waals surface area contributed by atoms with E-state index in [2.05, 4.69) is 11.0 Å². The third-order valence-corrected chi connectivity index (χ3v) is 5.03. The Labute approximate surface area is 128 Å². The minimum Gasteiger partial charge on any atom is -0.394 e. The number of hydrogen-bond acceptors (Lipinski definition) is 6. The minimum absolute atomic E-state index is 0.0300. The molecular weight excluding hydrogens is 288 g/mol. The molecule has 116 valence electrons. The first-order valence-corrected chi connectivity index (χ1v) is 8.19. The second-order valence-electron chi connectivity index (χ2n) is 5.31. The van der Waals surface area contributed by atoms with Crippen LogP contribution in [0.3, 0.4) is 0 Å². The van der Waals surface area contributed by atoms with E-state index >= 15 is 0 Å². The summed E-state index contributed by atoms with van der Waals surface area (Å²) in [6.07, 6.45) is 2.51. The van der Waals surface area contributed by atoms with Gasteiger partial charge in [-0.2, -0.15) is 0 Å². The molecule has 2 aromatic heterocycles. The standard InChI is InChI=1S/C14H22N4O2S/c15-13-10-12-11(18(13)17(5-7-19)6-8-20)9-14(21-12)16-3-1-2-4-16/h9-10,19-20H,1-8,15H2. The molecule has 6 nitrogen and oxygen atoms in total. The predicted molar refractivity (Wildman–Crippen MR) is 87.8 cm³/mol. The quantitative estimate of drug-likeness (QED) is 0.736. The smallest absolute Gasteiger partial charge is 0.124 e. The third-order valence-electron chi connectivity index (χ3n) is 3.90. The number of hydrogen-bond donors (Lipinski definition) is 3. The normalized spacial score (nSPS) is 15.2. The van der Waals surface area contributed by atoms with Crippen LogP contribution in [0.5, 0.6) is 0 Å². The highest BCUT2D eigenvalue weighted by Gasteiger charge is 2.19. The Hall–Kier alpha value is -1.44. The second-order valence-corrected chi connectivity index (χ2v) is 6.37. The second kappa shape index (κ2) is 6.13. The van der Waals surface area contributed by atoms with Gasteiger partial charge in [-0.1, -0.05) is 0 Å². The Balaban J connectivity index is 1.97.